The van der Waals surface area contributed by atoms with Gasteiger partial charge in [0.2, 0.25) is 0 Å². The zero-order valence-corrected chi connectivity index (χ0v) is 12.0. The Morgan fingerprint density at radius 1 is 1.25 bits per heavy atom. The second-order valence-electron chi connectivity index (χ2n) is 4.50. The molecule has 0 fully saturated rings. The van der Waals surface area contributed by atoms with Gasteiger partial charge in [-0.3, -0.25) is 0 Å². The molecule has 2 N–H and O–H groups in total. The molecular formula is C15H22N2O3. The van der Waals surface area contributed by atoms with E-state index in [2.05, 4.69) is 15.4 Å². The molecule has 0 aliphatic rings. The van der Waals surface area contributed by atoms with Crippen molar-refractivity contribution in [2.75, 3.05) is 13.7 Å². The number of rotatable bonds is 7. The molecule has 1 atom stereocenters. The molecule has 0 saturated heterocycles. The zero-order chi connectivity index (χ0) is 14.8. The monoisotopic (exact) mass is 278 g/mol. The van der Waals surface area contributed by atoms with Crippen LogP contribution in [0.5, 0.6) is 0 Å². The SMILES string of the molecule is CCC[C@H](NC(=O)NCCc1ccccc1)C(=O)OC. The summed E-state index contributed by atoms with van der Waals surface area (Å²) in [5.41, 5.74) is 1.16. The first-order valence-corrected chi connectivity index (χ1v) is 6.83. The summed E-state index contributed by atoms with van der Waals surface area (Å²) in [7, 11) is 1.32. The van der Waals surface area contributed by atoms with E-state index in [0.717, 1.165) is 18.4 Å². The zero-order valence-electron chi connectivity index (χ0n) is 12.0. The highest BCUT2D eigenvalue weighted by molar-refractivity contribution is 5.83. The van der Waals surface area contributed by atoms with Crippen LogP contribution in [0.15, 0.2) is 30.3 Å². The van der Waals surface area contributed by atoms with E-state index in [1.165, 1.54) is 7.11 Å². The largest absolute Gasteiger partial charge is 0.467 e. The Morgan fingerprint density at radius 3 is 2.55 bits per heavy atom. The van der Waals surface area contributed by atoms with Crippen molar-refractivity contribution in [2.24, 2.45) is 0 Å². The molecule has 1 rings (SSSR count). The number of carbonyl (C=O) groups excluding carboxylic acids is 2. The predicted octanol–water partition coefficient (Wildman–Crippen LogP) is 1.87. The number of hydrogen-bond donors (Lipinski definition) is 2. The third-order valence-corrected chi connectivity index (χ3v) is 2.91. The molecule has 1 aromatic carbocycles. The molecule has 5 nitrogen and oxygen atoms in total. The molecule has 1 aromatic rings. The smallest absolute Gasteiger partial charge is 0.328 e. The van der Waals surface area contributed by atoms with Crippen molar-refractivity contribution in [1.82, 2.24) is 10.6 Å². The topological polar surface area (TPSA) is 67.4 Å². The molecule has 110 valence electrons. The molecule has 0 unspecified atom stereocenters. The average Bonchev–Trinajstić information content (AvgIpc) is 2.47. The number of methoxy groups -OCH3 is 1. The number of carbonyl (C=O) groups is 2. The fraction of sp³-hybridized carbons (Fsp3) is 0.467. The number of hydrogen-bond acceptors (Lipinski definition) is 3. The van der Waals surface area contributed by atoms with Gasteiger partial charge in [0.05, 0.1) is 7.11 Å². The summed E-state index contributed by atoms with van der Waals surface area (Å²) in [6.07, 6.45) is 2.12. The Bertz CT molecular complexity index is 420. The lowest BCUT2D eigenvalue weighted by atomic mass is 10.1. The van der Waals surface area contributed by atoms with Crippen LogP contribution in [0.3, 0.4) is 0 Å². The molecule has 20 heavy (non-hydrogen) atoms. The molecule has 0 aromatic heterocycles. The van der Waals surface area contributed by atoms with Gasteiger partial charge in [-0.15, -0.1) is 0 Å². The summed E-state index contributed by atoms with van der Waals surface area (Å²) in [4.78, 5) is 23.2. The first kappa shape index (κ1) is 16.0. The minimum absolute atomic E-state index is 0.343. The van der Waals surface area contributed by atoms with Gasteiger partial charge in [-0.25, -0.2) is 9.59 Å². The van der Waals surface area contributed by atoms with Gasteiger partial charge in [-0.1, -0.05) is 43.7 Å². The van der Waals surface area contributed by atoms with Gasteiger partial charge in [-0.2, -0.15) is 0 Å². The van der Waals surface area contributed by atoms with Crippen LogP contribution in [0, 0.1) is 0 Å². The Kier molecular flexibility index (Phi) is 7.17. The average molecular weight is 278 g/mol. The third-order valence-electron chi connectivity index (χ3n) is 2.91. The third kappa shape index (κ3) is 5.73. The molecule has 0 aliphatic carbocycles. The van der Waals surface area contributed by atoms with Crippen molar-refractivity contribution in [1.29, 1.82) is 0 Å². The molecule has 2 amide bonds. The van der Waals surface area contributed by atoms with E-state index >= 15 is 0 Å². The van der Waals surface area contributed by atoms with Crippen molar-refractivity contribution in [3.05, 3.63) is 35.9 Å². The second kappa shape index (κ2) is 8.96. The quantitative estimate of drug-likeness (QED) is 0.748. The number of urea groups is 1. The molecule has 5 heteroatoms. The maximum atomic E-state index is 11.7. The highest BCUT2D eigenvalue weighted by atomic mass is 16.5. The summed E-state index contributed by atoms with van der Waals surface area (Å²) in [6.45, 7) is 2.47. The molecule has 0 aliphatic heterocycles. The number of benzene rings is 1. The highest BCUT2D eigenvalue weighted by Gasteiger charge is 2.19. The highest BCUT2D eigenvalue weighted by Crippen LogP contribution is 2.00. The van der Waals surface area contributed by atoms with Gasteiger partial charge in [0, 0.05) is 6.54 Å². The van der Waals surface area contributed by atoms with Crippen molar-refractivity contribution in [3.63, 3.8) is 0 Å². The number of ether oxygens (including phenoxy) is 1. The summed E-state index contributed by atoms with van der Waals surface area (Å²) >= 11 is 0. The molecule has 0 heterocycles. The van der Waals surface area contributed by atoms with Gasteiger partial charge in [0.1, 0.15) is 6.04 Å². The lowest BCUT2D eigenvalue weighted by molar-refractivity contribution is -0.143. The van der Waals surface area contributed by atoms with Crippen molar-refractivity contribution >= 4 is 12.0 Å². The van der Waals surface area contributed by atoms with Gasteiger partial charge in [-0.05, 0) is 18.4 Å². The summed E-state index contributed by atoms with van der Waals surface area (Å²) < 4.78 is 4.66. The van der Waals surface area contributed by atoms with Crippen molar-refractivity contribution < 1.29 is 14.3 Å². The first-order chi connectivity index (χ1) is 9.67. The molecule has 0 radical (unpaired) electrons. The normalized spacial score (nSPS) is 11.5. The van der Waals surface area contributed by atoms with Crippen LogP contribution >= 0.6 is 0 Å². The Hall–Kier alpha value is -2.04. The van der Waals surface area contributed by atoms with Gasteiger partial charge in [0.15, 0.2) is 0 Å². The first-order valence-electron chi connectivity index (χ1n) is 6.83. The summed E-state index contributed by atoms with van der Waals surface area (Å²) in [6, 6.07) is 8.97. The lowest BCUT2D eigenvalue weighted by Gasteiger charge is -2.16. The minimum atomic E-state index is -0.582. The van der Waals surface area contributed by atoms with Crippen LogP contribution in [0.1, 0.15) is 25.3 Å². The van der Waals surface area contributed by atoms with E-state index in [-0.39, 0.29) is 6.03 Å². The summed E-state index contributed by atoms with van der Waals surface area (Å²) in [5, 5.41) is 5.37. The van der Waals surface area contributed by atoms with E-state index < -0.39 is 12.0 Å². The maximum Gasteiger partial charge on any atom is 0.328 e. The Morgan fingerprint density at radius 2 is 1.95 bits per heavy atom. The van der Waals surface area contributed by atoms with Crippen LogP contribution in [-0.4, -0.2) is 31.7 Å². The van der Waals surface area contributed by atoms with Crippen molar-refractivity contribution in [2.45, 2.75) is 32.2 Å². The minimum Gasteiger partial charge on any atom is -0.467 e. The molecule has 0 saturated carbocycles. The van der Waals surface area contributed by atoms with Crippen LogP contribution in [0.4, 0.5) is 4.79 Å². The fourth-order valence-corrected chi connectivity index (χ4v) is 1.85. The van der Waals surface area contributed by atoms with Crippen molar-refractivity contribution in [3.8, 4) is 0 Å². The van der Waals surface area contributed by atoms with Crippen LogP contribution in [-0.2, 0) is 16.0 Å². The summed E-state index contributed by atoms with van der Waals surface area (Å²) in [5.74, 6) is -0.412. The molecular weight excluding hydrogens is 256 g/mol. The predicted molar refractivity (Wildman–Crippen MR) is 77.4 cm³/mol. The van der Waals surface area contributed by atoms with E-state index in [1.54, 1.807) is 0 Å². The number of nitrogens with one attached hydrogen (secondary N) is 2. The van der Waals surface area contributed by atoms with Crippen LogP contribution < -0.4 is 10.6 Å². The Balaban J connectivity index is 2.33. The van der Waals surface area contributed by atoms with Gasteiger partial charge in [0.25, 0.3) is 0 Å². The van der Waals surface area contributed by atoms with E-state index in [9.17, 15) is 9.59 Å². The molecule has 0 bridgehead atoms. The molecule has 0 spiro atoms. The second-order valence-corrected chi connectivity index (χ2v) is 4.50. The van der Waals surface area contributed by atoms with E-state index in [1.807, 2.05) is 37.3 Å². The van der Waals surface area contributed by atoms with Gasteiger partial charge < -0.3 is 15.4 Å². The number of esters is 1. The van der Waals surface area contributed by atoms with Gasteiger partial charge >= 0.3 is 12.0 Å². The Labute approximate surface area is 119 Å². The van der Waals surface area contributed by atoms with Crippen LogP contribution in [0.2, 0.25) is 0 Å². The standard InChI is InChI=1S/C15H22N2O3/c1-3-7-13(14(18)20-2)17-15(19)16-11-10-12-8-5-4-6-9-12/h4-6,8-9,13H,3,7,10-11H2,1-2H3,(H2,16,17,19)/t13-/m0/s1. The van der Waals surface area contributed by atoms with E-state index in [4.69, 9.17) is 0 Å². The lowest BCUT2D eigenvalue weighted by Crippen LogP contribution is -2.46. The fourth-order valence-electron chi connectivity index (χ4n) is 1.85. The number of amides is 2. The maximum absolute atomic E-state index is 11.7. The van der Waals surface area contributed by atoms with E-state index in [0.29, 0.717) is 13.0 Å². The van der Waals surface area contributed by atoms with Crippen LogP contribution in [0.25, 0.3) is 0 Å².